The van der Waals surface area contributed by atoms with E-state index in [0.717, 1.165) is 19.3 Å². The summed E-state index contributed by atoms with van der Waals surface area (Å²) in [5.41, 5.74) is 0. The molecule has 0 saturated heterocycles. The molecule has 2 heteroatoms. The predicted octanol–water partition coefficient (Wildman–Crippen LogP) is 5.08. The monoisotopic (exact) mass is 286 g/mol. The zero-order valence-corrected chi connectivity index (χ0v) is 13.1. The lowest BCUT2D eigenvalue weighted by Gasteiger charge is -1.94. The lowest BCUT2D eigenvalue weighted by molar-refractivity contribution is -0.140. The number of carbonyl (C=O) groups excluding carboxylic acids is 1. The Balaban J connectivity index is 3.68. The van der Waals surface area contributed by atoms with Crippen molar-refractivity contribution in [3.63, 3.8) is 0 Å². The quantitative estimate of drug-likeness (QED) is 0.318. The average molecular weight is 286 g/mol. The second-order valence-corrected chi connectivity index (χ2v) is 4.27. The van der Waals surface area contributed by atoms with E-state index in [0.29, 0.717) is 6.42 Å². The first-order chi connectivity index (χ1) is 10.3. The first kappa shape index (κ1) is 18.9. The van der Waals surface area contributed by atoms with Gasteiger partial charge < -0.3 is 4.74 Å². The highest BCUT2D eigenvalue weighted by molar-refractivity contribution is 5.69. The van der Waals surface area contributed by atoms with Crippen molar-refractivity contribution >= 4 is 5.97 Å². The van der Waals surface area contributed by atoms with Crippen LogP contribution in [0.5, 0.6) is 0 Å². The van der Waals surface area contributed by atoms with Gasteiger partial charge in [-0.1, -0.05) is 79.8 Å². The van der Waals surface area contributed by atoms with E-state index in [1.54, 1.807) is 0 Å². The van der Waals surface area contributed by atoms with Crippen molar-refractivity contribution in [2.24, 2.45) is 0 Å². The lowest BCUT2D eigenvalue weighted by atomic mass is 10.2. The molecule has 0 fully saturated rings. The van der Waals surface area contributed by atoms with Gasteiger partial charge in [-0.2, -0.15) is 0 Å². The maximum Gasteiger partial charge on any atom is 0.305 e. The summed E-state index contributed by atoms with van der Waals surface area (Å²) < 4.78 is 4.57. The van der Waals surface area contributed by atoms with Gasteiger partial charge in [-0.3, -0.25) is 4.79 Å². The van der Waals surface area contributed by atoms with Gasteiger partial charge in [0.15, 0.2) is 0 Å². The Hall–Kier alpha value is -2.09. The van der Waals surface area contributed by atoms with E-state index < -0.39 is 0 Å². The van der Waals surface area contributed by atoms with Crippen LogP contribution in [0.25, 0.3) is 0 Å². The molecule has 114 valence electrons. The molecular formula is C19H26O2. The maximum absolute atomic E-state index is 10.9. The zero-order valence-electron chi connectivity index (χ0n) is 13.1. The number of methoxy groups -OCH3 is 1. The summed E-state index contributed by atoms with van der Waals surface area (Å²) in [5.74, 6) is -0.145. The first-order valence-electron chi connectivity index (χ1n) is 7.36. The van der Waals surface area contributed by atoms with Gasteiger partial charge in [0.05, 0.1) is 7.11 Å². The van der Waals surface area contributed by atoms with Gasteiger partial charge in [0.25, 0.3) is 0 Å². The highest BCUT2D eigenvalue weighted by Gasteiger charge is 1.96. The summed E-state index contributed by atoms with van der Waals surface area (Å²) in [6.07, 6.45) is 27.4. The second kappa shape index (κ2) is 16.0. The van der Waals surface area contributed by atoms with Gasteiger partial charge in [0, 0.05) is 6.42 Å². The smallest absolute Gasteiger partial charge is 0.305 e. The Kier molecular flexibility index (Phi) is 14.4. The summed E-state index contributed by atoms with van der Waals surface area (Å²) >= 11 is 0. The maximum atomic E-state index is 10.9. The van der Waals surface area contributed by atoms with Gasteiger partial charge in [0.2, 0.25) is 0 Å². The fourth-order valence-corrected chi connectivity index (χ4v) is 1.37. The molecule has 0 N–H and O–H groups in total. The Morgan fingerprint density at radius 1 is 0.810 bits per heavy atom. The van der Waals surface area contributed by atoms with Crippen molar-refractivity contribution in [2.45, 2.75) is 32.6 Å². The van der Waals surface area contributed by atoms with Crippen LogP contribution in [0.2, 0.25) is 0 Å². The Morgan fingerprint density at radius 3 is 1.76 bits per heavy atom. The third-order valence-electron chi connectivity index (χ3n) is 2.49. The molecule has 0 aromatic rings. The van der Waals surface area contributed by atoms with Gasteiger partial charge >= 0.3 is 5.97 Å². The number of hydrogen-bond donors (Lipinski definition) is 0. The van der Waals surface area contributed by atoms with E-state index in [2.05, 4.69) is 17.7 Å². The average Bonchev–Trinajstić information content (AvgIpc) is 2.50. The molecule has 0 unspecified atom stereocenters. The minimum Gasteiger partial charge on any atom is -0.469 e. The number of rotatable bonds is 10. The molecule has 0 radical (unpaired) electrons. The van der Waals surface area contributed by atoms with Crippen LogP contribution in [0.1, 0.15) is 32.6 Å². The van der Waals surface area contributed by atoms with Crippen molar-refractivity contribution in [3.05, 3.63) is 72.9 Å². The van der Waals surface area contributed by atoms with Gasteiger partial charge in [-0.15, -0.1) is 0 Å². The Morgan fingerprint density at radius 2 is 1.29 bits per heavy atom. The van der Waals surface area contributed by atoms with E-state index in [9.17, 15) is 4.79 Å². The molecule has 0 aromatic carbocycles. The molecule has 0 bridgehead atoms. The van der Waals surface area contributed by atoms with E-state index in [1.165, 1.54) is 7.11 Å². The SMILES string of the molecule is CC/C=C/C=C/C=C/C=C/C=C/C=C/CCCC(=O)OC. The number of hydrogen-bond acceptors (Lipinski definition) is 2. The molecular weight excluding hydrogens is 260 g/mol. The Bertz CT molecular complexity index is 421. The number of allylic oxidation sites excluding steroid dienone is 12. The van der Waals surface area contributed by atoms with Crippen molar-refractivity contribution in [1.29, 1.82) is 0 Å². The second-order valence-electron chi connectivity index (χ2n) is 4.27. The van der Waals surface area contributed by atoms with E-state index >= 15 is 0 Å². The highest BCUT2D eigenvalue weighted by Crippen LogP contribution is 1.98. The van der Waals surface area contributed by atoms with Gasteiger partial charge in [-0.25, -0.2) is 0 Å². The molecule has 21 heavy (non-hydrogen) atoms. The lowest BCUT2D eigenvalue weighted by Crippen LogP contribution is -1.98. The van der Waals surface area contributed by atoms with Crippen LogP contribution in [-0.4, -0.2) is 13.1 Å². The van der Waals surface area contributed by atoms with Crippen molar-refractivity contribution in [3.8, 4) is 0 Å². The molecule has 0 spiro atoms. The predicted molar refractivity (Wildman–Crippen MR) is 91.0 cm³/mol. The molecule has 2 nitrogen and oxygen atoms in total. The van der Waals surface area contributed by atoms with Crippen LogP contribution < -0.4 is 0 Å². The third kappa shape index (κ3) is 15.9. The van der Waals surface area contributed by atoms with Crippen molar-refractivity contribution in [1.82, 2.24) is 0 Å². The highest BCUT2D eigenvalue weighted by atomic mass is 16.5. The van der Waals surface area contributed by atoms with E-state index in [-0.39, 0.29) is 5.97 Å². The van der Waals surface area contributed by atoms with Crippen LogP contribution in [0.4, 0.5) is 0 Å². The van der Waals surface area contributed by atoms with E-state index in [1.807, 2.05) is 66.8 Å². The molecule has 0 aromatic heterocycles. The van der Waals surface area contributed by atoms with Crippen molar-refractivity contribution in [2.75, 3.05) is 7.11 Å². The molecule has 0 aliphatic carbocycles. The summed E-state index contributed by atoms with van der Waals surface area (Å²) in [7, 11) is 1.42. The van der Waals surface area contributed by atoms with Gasteiger partial charge in [-0.05, 0) is 19.3 Å². The van der Waals surface area contributed by atoms with Crippen LogP contribution in [-0.2, 0) is 9.53 Å². The summed E-state index contributed by atoms with van der Waals surface area (Å²) in [4.78, 5) is 10.9. The number of unbranched alkanes of at least 4 members (excludes halogenated alkanes) is 1. The number of carbonyl (C=O) groups is 1. The normalized spacial score (nSPS) is 13.0. The molecule has 0 saturated carbocycles. The molecule has 0 rings (SSSR count). The molecule has 0 atom stereocenters. The summed E-state index contributed by atoms with van der Waals surface area (Å²) in [6.45, 7) is 2.11. The fraction of sp³-hybridized carbons (Fsp3) is 0.316. The molecule has 0 amide bonds. The van der Waals surface area contributed by atoms with Crippen LogP contribution in [0.3, 0.4) is 0 Å². The minimum absolute atomic E-state index is 0.145. The van der Waals surface area contributed by atoms with Crippen LogP contribution >= 0.6 is 0 Å². The van der Waals surface area contributed by atoms with E-state index in [4.69, 9.17) is 0 Å². The number of ether oxygens (including phenoxy) is 1. The third-order valence-corrected chi connectivity index (χ3v) is 2.49. The topological polar surface area (TPSA) is 26.3 Å². The fourth-order valence-electron chi connectivity index (χ4n) is 1.37. The van der Waals surface area contributed by atoms with Crippen molar-refractivity contribution < 1.29 is 9.53 Å². The van der Waals surface area contributed by atoms with Crippen LogP contribution in [0, 0.1) is 0 Å². The summed E-state index contributed by atoms with van der Waals surface area (Å²) in [5, 5.41) is 0. The minimum atomic E-state index is -0.145. The zero-order chi connectivity index (χ0) is 15.6. The van der Waals surface area contributed by atoms with Crippen LogP contribution in [0.15, 0.2) is 72.9 Å². The largest absolute Gasteiger partial charge is 0.469 e. The Labute approximate surface area is 128 Å². The molecule has 0 heterocycles. The molecule has 0 aliphatic heterocycles. The number of esters is 1. The van der Waals surface area contributed by atoms with Gasteiger partial charge in [0.1, 0.15) is 0 Å². The standard InChI is InChI=1S/C19H26O2/c1-3-4-5-6-7-8-9-10-11-12-13-14-15-16-17-18-19(20)21-2/h4-15H,3,16-18H2,1-2H3/b5-4+,7-6+,9-8+,11-10+,13-12+,15-14+. The summed E-state index contributed by atoms with van der Waals surface area (Å²) in [6, 6.07) is 0. The molecule has 0 aliphatic rings. The first-order valence-corrected chi connectivity index (χ1v) is 7.36.